The molecule has 0 aliphatic carbocycles. The van der Waals surface area contributed by atoms with Crippen LogP contribution < -0.4 is 14.9 Å². The number of amides is 2. The normalized spacial score (nSPS) is 11.5. The fraction of sp³-hybridized carbons (Fsp3) is 0.261. The third-order valence-corrected chi connectivity index (χ3v) is 5.78. The second-order valence-corrected chi connectivity index (χ2v) is 8.23. The van der Waals surface area contributed by atoms with E-state index in [1.807, 2.05) is 9.95 Å². The van der Waals surface area contributed by atoms with Crippen molar-refractivity contribution in [1.29, 1.82) is 0 Å². The maximum Gasteiger partial charge on any atom is 0.283 e. The van der Waals surface area contributed by atoms with Gasteiger partial charge in [0.15, 0.2) is 4.80 Å². The molecule has 7 nitrogen and oxygen atoms in total. The lowest BCUT2D eigenvalue weighted by molar-refractivity contribution is -0.124. The standard InChI is InChI=1S/C23H23ClFN3O4S/c1-31-13-21(29)26-10-3-11-28-19(15-4-7-17(25)8-5-15)14-33-23(28)27-22(30)18-9-6-16(24)12-20(18)32-2/h4-9,12,14H,3,10-11,13H2,1-2H3,(H,26,29). The molecule has 0 spiro atoms. The van der Waals surface area contributed by atoms with Gasteiger partial charge >= 0.3 is 0 Å². The molecule has 1 N–H and O–H groups in total. The van der Waals surface area contributed by atoms with Gasteiger partial charge in [-0.15, -0.1) is 11.3 Å². The number of methoxy groups -OCH3 is 2. The van der Waals surface area contributed by atoms with Crippen molar-refractivity contribution in [3.8, 4) is 17.0 Å². The summed E-state index contributed by atoms with van der Waals surface area (Å²) in [6.45, 7) is 0.893. The predicted molar refractivity (Wildman–Crippen MR) is 125 cm³/mol. The molecule has 2 aromatic carbocycles. The fourth-order valence-electron chi connectivity index (χ4n) is 3.12. The second-order valence-electron chi connectivity index (χ2n) is 6.96. The van der Waals surface area contributed by atoms with Crippen molar-refractivity contribution in [3.63, 3.8) is 0 Å². The van der Waals surface area contributed by atoms with Crippen LogP contribution in [0.5, 0.6) is 5.75 Å². The highest BCUT2D eigenvalue weighted by Gasteiger charge is 2.14. The van der Waals surface area contributed by atoms with E-state index in [2.05, 4.69) is 10.3 Å². The summed E-state index contributed by atoms with van der Waals surface area (Å²) >= 11 is 7.29. The summed E-state index contributed by atoms with van der Waals surface area (Å²) in [6, 6.07) is 10.8. The second kappa shape index (κ2) is 11.7. The highest BCUT2D eigenvalue weighted by molar-refractivity contribution is 7.07. The van der Waals surface area contributed by atoms with E-state index in [1.54, 1.807) is 30.3 Å². The number of nitrogens with one attached hydrogen (secondary N) is 1. The van der Waals surface area contributed by atoms with Crippen LogP contribution in [-0.4, -0.2) is 43.8 Å². The van der Waals surface area contributed by atoms with Crippen molar-refractivity contribution in [1.82, 2.24) is 9.88 Å². The molecule has 2 amide bonds. The molecule has 1 heterocycles. The Kier molecular flexibility index (Phi) is 8.76. The Morgan fingerprint density at radius 2 is 1.94 bits per heavy atom. The molecule has 3 aromatic rings. The summed E-state index contributed by atoms with van der Waals surface area (Å²) in [6.07, 6.45) is 0.589. The van der Waals surface area contributed by atoms with Gasteiger partial charge in [-0.1, -0.05) is 11.6 Å². The van der Waals surface area contributed by atoms with Crippen molar-refractivity contribution >= 4 is 34.8 Å². The third-order valence-electron chi connectivity index (χ3n) is 4.68. The van der Waals surface area contributed by atoms with Crippen LogP contribution in [0.15, 0.2) is 52.8 Å². The number of carbonyl (C=O) groups is 2. The molecule has 0 unspecified atom stereocenters. The number of rotatable bonds is 9. The summed E-state index contributed by atoms with van der Waals surface area (Å²) in [5.41, 5.74) is 1.86. The highest BCUT2D eigenvalue weighted by atomic mass is 35.5. The van der Waals surface area contributed by atoms with E-state index in [4.69, 9.17) is 21.1 Å². The number of thiazole rings is 1. The smallest absolute Gasteiger partial charge is 0.283 e. The van der Waals surface area contributed by atoms with E-state index in [9.17, 15) is 14.0 Å². The number of carbonyl (C=O) groups excluding carboxylic acids is 2. The number of halogens is 2. The van der Waals surface area contributed by atoms with E-state index in [1.165, 1.54) is 37.7 Å². The van der Waals surface area contributed by atoms with Gasteiger partial charge in [-0.05, 0) is 54.4 Å². The summed E-state index contributed by atoms with van der Waals surface area (Å²) in [5, 5.41) is 5.08. The first-order valence-electron chi connectivity index (χ1n) is 10.1. The van der Waals surface area contributed by atoms with Crippen LogP contribution in [0.4, 0.5) is 4.39 Å². The lowest BCUT2D eigenvalue weighted by atomic mass is 10.1. The largest absolute Gasteiger partial charge is 0.496 e. The number of hydrogen-bond acceptors (Lipinski definition) is 5. The molecule has 0 bridgehead atoms. The Balaban J connectivity index is 1.92. The van der Waals surface area contributed by atoms with Crippen molar-refractivity contribution in [3.05, 3.63) is 69.0 Å². The molecule has 0 aliphatic heterocycles. The maximum atomic E-state index is 13.4. The van der Waals surface area contributed by atoms with Crippen molar-refractivity contribution < 1.29 is 23.5 Å². The van der Waals surface area contributed by atoms with Crippen molar-refractivity contribution in [2.45, 2.75) is 13.0 Å². The van der Waals surface area contributed by atoms with Gasteiger partial charge in [-0.2, -0.15) is 4.99 Å². The molecule has 0 aliphatic rings. The minimum Gasteiger partial charge on any atom is -0.496 e. The molecular formula is C23H23ClFN3O4S. The SMILES string of the molecule is COCC(=O)NCCCn1c(-c2ccc(F)cc2)csc1=NC(=O)c1ccc(Cl)cc1OC. The Bertz CT molecular complexity index is 1190. The first-order valence-corrected chi connectivity index (χ1v) is 11.3. The van der Waals surface area contributed by atoms with Crippen molar-refractivity contribution in [2.75, 3.05) is 27.4 Å². The van der Waals surface area contributed by atoms with Crippen LogP contribution in [0.3, 0.4) is 0 Å². The molecular weight excluding hydrogens is 469 g/mol. The molecule has 174 valence electrons. The summed E-state index contributed by atoms with van der Waals surface area (Å²) in [7, 11) is 2.91. The average molecular weight is 492 g/mol. The molecule has 0 saturated heterocycles. The number of nitrogens with zero attached hydrogens (tertiary/aromatic N) is 2. The molecule has 33 heavy (non-hydrogen) atoms. The minimum atomic E-state index is -0.474. The quantitative estimate of drug-likeness (QED) is 0.460. The minimum absolute atomic E-state index is 0.00949. The van der Waals surface area contributed by atoms with Gasteiger partial charge in [0.05, 0.1) is 18.4 Å². The molecule has 0 radical (unpaired) electrons. The first-order chi connectivity index (χ1) is 15.9. The number of ether oxygens (including phenoxy) is 2. The van der Waals surface area contributed by atoms with Gasteiger partial charge in [0.2, 0.25) is 5.91 Å². The Morgan fingerprint density at radius 3 is 2.64 bits per heavy atom. The maximum absolute atomic E-state index is 13.4. The van der Waals surface area contributed by atoms with E-state index < -0.39 is 5.91 Å². The van der Waals surface area contributed by atoms with Crippen LogP contribution >= 0.6 is 22.9 Å². The molecule has 0 saturated carbocycles. The van der Waals surface area contributed by atoms with Crippen LogP contribution in [0, 0.1) is 5.82 Å². The topological polar surface area (TPSA) is 81.9 Å². The molecule has 0 atom stereocenters. The first kappa shape index (κ1) is 24.6. The average Bonchev–Trinajstić information content (AvgIpc) is 3.19. The molecule has 10 heteroatoms. The van der Waals surface area contributed by atoms with Crippen LogP contribution in [0.2, 0.25) is 5.02 Å². The van der Waals surface area contributed by atoms with E-state index in [0.29, 0.717) is 35.1 Å². The van der Waals surface area contributed by atoms with Crippen LogP contribution in [-0.2, 0) is 16.1 Å². The Hall–Kier alpha value is -3.01. The van der Waals surface area contributed by atoms with Gasteiger partial charge in [-0.25, -0.2) is 4.39 Å². The highest BCUT2D eigenvalue weighted by Crippen LogP contribution is 2.24. The van der Waals surface area contributed by atoms with Gasteiger partial charge in [0.25, 0.3) is 5.91 Å². The van der Waals surface area contributed by atoms with Gasteiger partial charge < -0.3 is 19.4 Å². The summed E-state index contributed by atoms with van der Waals surface area (Å²) in [5.74, 6) is -0.685. The Morgan fingerprint density at radius 1 is 1.18 bits per heavy atom. The van der Waals surface area contributed by atoms with E-state index >= 15 is 0 Å². The summed E-state index contributed by atoms with van der Waals surface area (Å²) < 4.78 is 25.4. The Labute approximate surface area is 199 Å². The van der Waals surface area contributed by atoms with E-state index in [0.717, 1.165) is 11.3 Å². The number of hydrogen-bond donors (Lipinski definition) is 1. The third kappa shape index (κ3) is 6.50. The van der Waals surface area contributed by atoms with Gasteiger partial charge in [0, 0.05) is 30.6 Å². The number of aromatic nitrogens is 1. The zero-order valence-corrected chi connectivity index (χ0v) is 19.7. The zero-order chi connectivity index (χ0) is 23.8. The van der Waals surface area contributed by atoms with Gasteiger partial charge in [0.1, 0.15) is 18.2 Å². The monoisotopic (exact) mass is 491 g/mol. The van der Waals surface area contributed by atoms with E-state index in [-0.39, 0.29) is 23.9 Å². The number of benzene rings is 2. The molecule has 0 fully saturated rings. The van der Waals surface area contributed by atoms with Crippen molar-refractivity contribution in [2.24, 2.45) is 4.99 Å². The lowest BCUT2D eigenvalue weighted by Gasteiger charge is -2.10. The van der Waals surface area contributed by atoms with Gasteiger partial charge in [-0.3, -0.25) is 9.59 Å². The molecule has 3 rings (SSSR count). The lowest BCUT2D eigenvalue weighted by Crippen LogP contribution is -2.29. The predicted octanol–water partition coefficient (Wildman–Crippen LogP) is 3.91. The fourth-order valence-corrected chi connectivity index (χ4v) is 4.22. The van der Waals surface area contributed by atoms with Crippen LogP contribution in [0.1, 0.15) is 16.8 Å². The summed E-state index contributed by atoms with van der Waals surface area (Å²) in [4.78, 5) is 29.3. The molecule has 1 aromatic heterocycles. The zero-order valence-electron chi connectivity index (χ0n) is 18.1. The van der Waals surface area contributed by atoms with Crippen LogP contribution in [0.25, 0.3) is 11.3 Å².